The fourth-order valence-electron chi connectivity index (χ4n) is 1.07. The van der Waals surface area contributed by atoms with Gasteiger partial charge in [-0.2, -0.15) is 0 Å². The van der Waals surface area contributed by atoms with Crippen molar-refractivity contribution in [3.05, 3.63) is 12.4 Å². The van der Waals surface area contributed by atoms with Crippen molar-refractivity contribution >= 4 is 16.7 Å². The van der Waals surface area contributed by atoms with E-state index in [0.29, 0.717) is 18.2 Å². The second-order valence-electron chi connectivity index (χ2n) is 3.47. The van der Waals surface area contributed by atoms with Crippen molar-refractivity contribution < 1.29 is 8.95 Å². The summed E-state index contributed by atoms with van der Waals surface area (Å²) in [6, 6.07) is 0. The first kappa shape index (κ1) is 12.9. The maximum atomic E-state index is 11.1. The number of anilines is 1. The number of aromatic nitrogens is 2. The van der Waals surface area contributed by atoms with E-state index < -0.39 is 10.8 Å². The Hall–Kier alpha value is -1.17. The van der Waals surface area contributed by atoms with Gasteiger partial charge in [0.2, 0.25) is 5.95 Å². The fraction of sp³-hybridized carbons (Fsp3) is 0.600. The van der Waals surface area contributed by atoms with Gasteiger partial charge in [0, 0.05) is 28.9 Å². The number of nitrogens with one attached hydrogen (secondary N) is 1. The average Bonchev–Trinajstić information content (AvgIpc) is 2.29. The SMILES string of the molecule is COc1cnc(NCCC(C)S(C)=O)nc1. The summed E-state index contributed by atoms with van der Waals surface area (Å²) in [6.07, 6.45) is 5.76. The predicted octanol–water partition coefficient (Wildman–Crippen LogP) is 1.05. The summed E-state index contributed by atoms with van der Waals surface area (Å²) < 4.78 is 16.1. The minimum absolute atomic E-state index is 0.186. The van der Waals surface area contributed by atoms with Crippen LogP contribution in [0.3, 0.4) is 0 Å². The third-order valence-corrected chi connectivity index (χ3v) is 3.63. The molecule has 5 nitrogen and oxygen atoms in total. The van der Waals surface area contributed by atoms with Crippen LogP contribution in [0.4, 0.5) is 5.95 Å². The summed E-state index contributed by atoms with van der Waals surface area (Å²) in [4.78, 5) is 8.14. The van der Waals surface area contributed by atoms with Crippen molar-refractivity contribution in [3.8, 4) is 5.75 Å². The normalized spacial score (nSPS) is 14.2. The second kappa shape index (κ2) is 6.42. The van der Waals surface area contributed by atoms with E-state index in [2.05, 4.69) is 15.3 Å². The van der Waals surface area contributed by atoms with Gasteiger partial charge in [0.25, 0.3) is 0 Å². The Kier molecular flexibility index (Phi) is 5.18. The van der Waals surface area contributed by atoms with Crippen molar-refractivity contribution in [2.75, 3.05) is 25.2 Å². The monoisotopic (exact) mass is 243 g/mol. The van der Waals surface area contributed by atoms with E-state index in [1.165, 1.54) is 0 Å². The van der Waals surface area contributed by atoms with Gasteiger partial charge in [-0.3, -0.25) is 4.21 Å². The summed E-state index contributed by atoms with van der Waals surface area (Å²) >= 11 is 0. The van der Waals surface area contributed by atoms with Gasteiger partial charge in [-0.15, -0.1) is 0 Å². The van der Waals surface area contributed by atoms with Crippen LogP contribution < -0.4 is 10.1 Å². The Labute approximate surface area is 98.1 Å². The summed E-state index contributed by atoms with van der Waals surface area (Å²) in [5.74, 6) is 1.20. The standard InChI is InChI=1S/C10H17N3O2S/c1-8(16(3)14)4-5-11-10-12-6-9(15-2)7-13-10/h6-8H,4-5H2,1-3H3,(H,11,12,13). The number of ether oxygens (including phenoxy) is 1. The van der Waals surface area contributed by atoms with Gasteiger partial charge in [0.15, 0.2) is 5.75 Å². The van der Waals surface area contributed by atoms with Gasteiger partial charge in [-0.05, 0) is 6.42 Å². The lowest BCUT2D eigenvalue weighted by Crippen LogP contribution is -2.15. The molecule has 1 heterocycles. The van der Waals surface area contributed by atoms with E-state index in [9.17, 15) is 4.21 Å². The molecule has 0 saturated heterocycles. The van der Waals surface area contributed by atoms with Crippen LogP contribution in [0.15, 0.2) is 12.4 Å². The van der Waals surface area contributed by atoms with E-state index >= 15 is 0 Å². The zero-order chi connectivity index (χ0) is 12.0. The highest BCUT2D eigenvalue weighted by atomic mass is 32.2. The van der Waals surface area contributed by atoms with Crippen molar-refractivity contribution in [2.45, 2.75) is 18.6 Å². The first-order chi connectivity index (χ1) is 7.63. The highest BCUT2D eigenvalue weighted by Gasteiger charge is 2.05. The van der Waals surface area contributed by atoms with E-state index in [-0.39, 0.29) is 5.25 Å². The maximum absolute atomic E-state index is 11.1. The van der Waals surface area contributed by atoms with Gasteiger partial charge in [-0.25, -0.2) is 9.97 Å². The summed E-state index contributed by atoms with van der Waals surface area (Å²) in [5, 5.41) is 3.26. The molecule has 2 atom stereocenters. The minimum Gasteiger partial charge on any atom is -0.494 e. The molecule has 0 aliphatic rings. The lowest BCUT2D eigenvalue weighted by molar-refractivity contribution is 0.411. The van der Waals surface area contributed by atoms with E-state index in [1.807, 2.05) is 6.92 Å². The molecule has 0 radical (unpaired) electrons. The van der Waals surface area contributed by atoms with Crippen LogP contribution in [0.25, 0.3) is 0 Å². The van der Waals surface area contributed by atoms with Crippen molar-refractivity contribution in [3.63, 3.8) is 0 Å². The van der Waals surface area contributed by atoms with Crippen LogP contribution in [-0.4, -0.2) is 39.3 Å². The van der Waals surface area contributed by atoms with Gasteiger partial charge in [0.05, 0.1) is 19.5 Å². The average molecular weight is 243 g/mol. The molecule has 1 aromatic rings. The van der Waals surface area contributed by atoms with Gasteiger partial charge >= 0.3 is 0 Å². The predicted molar refractivity (Wildman–Crippen MR) is 65.2 cm³/mol. The third kappa shape index (κ3) is 4.14. The topological polar surface area (TPSA) is 64.1 Å². The highest BCUT2D eigenvalue weighted by Crippen LogP contribution is 2.07. The first-order valence-corrected chi connectivity index (χ1v) is 6.67. The van der Waals surface area contributed by atoms with Crippen molar-refractivity contribution in [1.82, 2.24) is 9.97 Å². The Bertz CT molecular complexity index is 342. The molecule has 0 amide bonds. The number of rotatable bonds is 6. The van der Waals surface area contributed by atoms with Crippen LogP contribution in [0.2, 0.25) is 0 Å². The molecule has 0 fully saturated rings. The molecule has 1 aromatic heterocycles. The first-order valence-electron chi connectivity index (χ1n) is 5.05. The van der Waals surface area contributed by atoms with E-state index in [0.717, 1.165) is 6.42 Å². The second-order valence-corrected chi connectivity index (χ2v) is 5.27. The van der Waals surface area contributed by atoms with Crippen molar-refractivity contribution in [2.24, 2.45) is 0 Å². The number of methoxy groups -OCH3 is 1. The van der Waals surface area contributed by atoms with Crippen LogP contribution >= 0.6 is 0 Å². The Morgan fingerprint density at radius 3 is 2.62 bits per heavy atom. The van der Waals surface area contributed by atoms with E-state index in [1.54, 1.807) is 25.8 Å². The summed E-state index contributed by atoms with van der Waals surface area (Å²) in [5.41, 5.74) is 0. The van der Waals surface area contributed by atoms with Gasteiger partial charge < -0.3 is 10.1 Å². The molecule has 0 aliphatic heterocycles. The third-order valence-electron chi connectivity index (χ3n) is 2.26. The molecule has 1 rings (SSSR count). The molecule has 0 spiro atoms. The lowest BCUT2D eigenvalue weighted by Gasteiger charge is -2.09. The quantitative estimate of drug-likeness (QED) is 0.809. The molecule has 2 unspecified atom stereocenters. The minimum atomic E-state index is -0.774. The smallest absolute Gasteiger partial charge is 0.222 e. The number of hydrogen-bond donors (Lipinski definition) is 1. The summed E-state index contributed by atoms with van der Waals surface area (Å²) in [7, 11) is 0.799. The van der Waals surface area contributed by atoms with Crippen LogP contribution in [0, 0.1) is 0 Å². The molecule has 0 aromatic carbocycles. The number of nitrogens with zero attached hydrogens (tertiary/aromatic N) is 2. The zero-order valence-electron chi connectivity index (χ0n) is 9.77. The van der Waals surface area contributed by atoms with Crippen LogP contribution in [-0.2, 0) is 10.8 Å². The van der Waals surface area contributed by atoms with Crippen LogP contribution in [0.5, 0.6) is 5.75 Å². The molecular formula is C10H17N3O2S. The lowest BCUT2D eigenvalue weighted by atomic mass is 10.3. The van der Waals surface area contributed by atoms with Crippen molar-refractivity contribution in [1.29, 1.82) is 0 Å². The highest BCUT2D eigenvalue weighted by molar-refractivity contribution is 7.84. The largest absolute Gasteiger partial charge is 0.494 e. The fourth-order valence-corrected chi connectivity index (χ4v) is 1.52. The summed E-state index contributed by atoms with van der Waals surface area (Å²) in [6.45, 7) is 2.68. The maximum Gasteiger partial charge on any atom is 0.222 e. The molecule has 0 saturated carbocycles. The molecule has 0 bridgehead atoms. The Balaban J connectivity index is 2.34. The van der Waals surface area contributed by atoms with Crippen LogP contribution in [0.1, 0.15) is 13.3 Å². The Morgan fingerprint density at radius 1 is 1.50 bits per heavy atom. The van der Waals surface area contributed by atoms with Gasteiger partial charge in [-0.1, -0.05) is 6.92 Å². The van der Waals surface area contributed by atoms with Gasteiger partial charge in [0.1, 0.15) is 0 Å². The molecule has 90 valence electrons. The Morgan fingerprint density at radius 2 is 2.12 bits per heavy atom. The molecule has 0 aliphatic carbocycles. The molecular weight excluding hydrogens is 226 g/mol. The zero-order valence-corrected chi connectivity index (χ0v) is 10.6. The number of hydrogen-bond acceptors (Lipinski definition) is 5. The molecule has 1 N–H and O–H groups in total. The molecule has 16 heavy (non-hydrogen) atoms. The molecule has 6 heteroatoms. The van der Waals surface area contributed by atoms with E-state index in [4.69, 9.17) is 4.74 Å².